The number of aryl methyl sites for hydroxylation is 1. The number of tetrazole rings is 1. The SMILES string of the molecule is COC(=O)c1ccc(Cn2nnnc2CCC(=O)O)cc1. The van der Waals surface area contributed by atoms with Crippen molar-refractivity contribution in [2.45, 2.75) is 19.4 Å². The number of hydrogen-bond donors (Lipinski definition) is 1. The molecule has 110 valence electrons. The summed E-state index contributed by atoms with van der Waals surface area (Å²) in [6, 6.07) is 6.86. The van der Waals surface area contributed by atoms with Crippen LogP contribution in [0.15, 0.2) is 24.3 Å². The third kappa shape index (κ3) is 3.85. The van der Waals surface area contributed by atoms with E-state index in [0.29, 0.717) is 17.9 Å². The van der Waals surface area contributed by atoms with Crippen molar-refractivity contribution in [2.75, 3.05) is 7.11 Å². The van der Waals surface area contributed by atoms with Crippen LogP contribution in [0.25, 0.3) is 0 Å². The molecule has 0 spiro atoms. The number of ether oxygens (including phenoxy) is 1. The number of carbonyl (C=O) groups is 2. The first-order chi connectivity index (χ1) is 10.1. The number of aromatic nitrogens is 4. The molecule has 1 aromatic carbocycles. The summed E-state index contributed by atoms with van der Waals surface area (Å²) in [5, 5.41) is 19.9. The maximum atomic E-state index is 11.3. The van der Waals surface area contributed by atoms with E-state index >= 15 is 0 Å². The molecule has 0 aliphatic rings. The zero-order valence-electron chi connectivity index (χ0n) is 11.4. The minimum atomic E-state index is -0.896. The Balaban J connectivity index is 2.06. The topological polar surface area (TPSA) is 107 Å². The summed E-state index contributed by atoms with van der Waals surface area (Å²) in [4.78, 5) is 21.9. The fourth-order valence-corrected chi connectivity index (χ4v) is 1.78. The van der Waals surface area contributed by atoms with Crippen LogP contribution in [-0.4, -0.2) is 44.4 Å². The molecule has 0 saturated carbocycles. The van der Waals surface area contributed by atoms with Gasteiger partial charge in [0, 0.05) is 6.42 Å². The van der Waals surface area contributed by atoms with Crippen molar-refractivity contribution in [2.24, 2.45) is 0 Å². The van der Waals surface area contributed by atoms with E-state index in [4.69, 9.17) is 5.11 Å². The molecule has 2 aromatic rings. The highest BCUT2D eigenvalue weighted by Gasteiger charge is 2.10. The summed E-state index contributed by atoms with van der Waals surface area (Å²) in [6.45, 7) is 0.406. The molecule has 2 rings (SSSR count). The Bertz CT molecular complexity index is 636. The second-order valence-electron chi connectivity index (χ2n) is 4.34. The lowest BCUT2D eigenvalue weighted by Crippen LogP contribution is -2.09. The van der Waals surface area contributed by atoms with Crippen molar-refractivity contribution in [3.8, 4) is 0 Å². The third-order valence-corrected chi connectivity index (χ3v) is 2.88. The number of esters is 1. The molecule has 0 amide bonds. The Labute approximate surface area is 120 Å². The van der Waals surface area contributed by atoms with E-state index in [9.17, 15) is 9.59 Å². The number of rotatable bonds is 6. The molecule has 0 fully saturated rings. The number of methoxy groups -OCH3 is 1. The normalized spacial score (nSPS) is 10.3. The van der Waals surface area contributed by atoms with Crippen molar-refractivity contribution in [3.63, 3.8) is 0 Å². The number of benzene rings is 1. The summed E-state index contributed by atoms with van der Waals surface area (Å²) in [7, 11) is 1.33. The monoisotopic (exact) mass is 290 g/mol. The molecule has 0 aliphatic heterocycles. The van der Waals surface area contributed by atoms with Crippen molar-refractivity contribution in [3.05, 3.63) is 41.2 Å². The van der Waals surface area contributed by atoms with Crippen molar-refractivity contribution in [1.82, 2.24) is 20.2 Å². The fourth-order valence-electron chi connectivity index (χ4n) is 1.78. The van der Waals surface area contributed by atoms with Crippen LogP contribution in [0.3, 0.4) is 0 Å². The quantitative estimate of drug-likeness (QED) is 0.773. The molecule has 8 nitrogen and oxygen atoms in total. The first kappa shape index (κ1) is 14.6. The van der Waals surface area contributed by atoms with E-state index in [2.05, 4.69) is 20.3 Å². The van der Waals surface area contributed by atoms with Gasteiger partial charge in [0.05, 0.1) is 25.6 Å². The lowest BCUT2D eigenvalue weighted by Gasteiger charge is -2.05. The van der Waals surface area contributed by atoms with Crippen LogP contribution in [0.1, 0.15) is 28.2 Å². The second-order valence-corrected chi connectivity index (χ2v) is 4.34. The van der Waals surface area contributed by atoms with Crippen molar-refractivity contribution in [1.29, 1.82) is 0 Å². The van der Waals surface area contributed by atoms with Crippen LogP contribution in [-0.2, 0) is 22.5 Å². The minimum absolute atomic E-state index is 0.0261. The largest absolute Gasteiger partial charge is 0.481 e. The molecule has 0 bridgehead atoms. The van der Waals surface area contributed by atoms with Gasteiger partial charge in [0.1, 0.15) is 0 Å². The minimum Gasteiger partial charge on any atom is -0.481 e. The highest BCUT2D eigenvalue weighted by atomic mass is 16.5. The molecular weight excluding hydrogens is 276 g/mol. The first-order valence-corrected chi connectivity index (χ1v) is 6.24. The molecule has 0 aliphatic carbocycles. The predicted octanol–water partition coefficient (Wildman–Crippen LogP) is 0.525. The van der Waals surface area contributed by atoms with Gasteiger partial charge in [-0.2, -0.15) is 0 Å². The molecule has 1 heterocycles. The van der Waals surface area contributed by atoms with E-state index in [1.54, 1.807) is 24.3 Å². The number of carboxylic acids is 1. The summed E-state index contributed by atoms with van der Waals surface area (Å²) >= 11 is 0. The van der Waals surface area contributed by atoms with Gasteiger partial charge in [0.25, 0.3) is 0 Å². The number of carboxylic acid groups (broad SMARTS) is 1. The molecule has 1 N–H and O–H groups in total. The van der Waals surface area contributed by atoms with Gasteiger partial charge >= 0.3 is 11.9 Å². The first-order valence-electron chi connectivity index (χ1n) is 6.24. The molecule has 0 saturated heterocycles. The molecule has 0 atom stereocenters. The second kappa shape index (κ2) is 6.60. The van der Waals surface area contributed by atoms with Gasteiger partial charge in [-0.3, -0.25) is 4.79 Å². The zero-order chi connectivity index (χ0) is 15.2. The standard InChI is InChI=1S/C13H14N4O4/c1-21-13(20)10-4-2-9(3-5-10)8-17-11(14-15-16-17)6-7-12(18)19/h2-5H,6-8H2,1H3,(H,18,19). The predicted molar refractivity (Wildman–Crippen MR) is 70.7 cm³/mol. The smallest absolute Gasteiger partial charge is 0.337 e. The van der Waals surface area contributed by atoms with E-state index < -0.39 is 11.9 Å². The van der Waals surface area contributed by atoms with Gasteiger partial charge in [0.15, 0.2) is 5.82 Å². The van der Waals surface area contributed by atoms with E-state index in [-0.39, 0.29) is 12.8 Å². The number of aliphatic carboxylic acids is 1. The van der Waals surface area contributed by atoms with Gasteiger partial charge in [0.2, 0.25) is 0 Å². The number of hydrogen-bond acceptors (Lipinski definition) is 6. The van der Waals surface area contributed by atoms with Crippen LogP contribution in [0.2, 0.25) is 0 Å². The zero-order valence-corrected chi connectivity index (χ0v) is 11.4. The summed E-state index contributed by atoms with van der Waals surface area (Å²) in [5.74, 6) is -0.785. The third-order valence-electron chi connectivity index (χ3n) is 2.88. The van der Waals surface area contributed by atoms with Crippen LogP contribution in [0.5, 0.6) is 0 Å². The summed E-state index contributed by atoms with van der Waals surface area (Å²) < 4.78 is 6.16. The van der Waals surface area contributed by atoms with Crippen molar-refractivity contribution < 1.29 is 19.4 Å². The average Bonchev–Trinajstić information content (AvgIpc) is 2.92. The van der Waals surface area contributed by atoms with Gasteiger partial charge in [-0.25, -0.2) is 9.48 Å². The lowest BCUT2D eigenvalue weighted by molar-refractivity contribution is -0.137. The number of carbonyl (C=O) groups excluding carboxylic acids is 1. The van der Waals surface area contributed by atoms with Crippen molar-refractivity contribution >= 4 is 11.9 Å². The van der Waals surface area contributed by atoms with Crippen LogP contribution >= 0.6 is 0 Å². The molecule has 0 unspecified atom stereocenters. The molecule has 0 radical (unpaired) electrons. The van der Waals surface area contributed by atoms with Gasteiger partial charge in [-0.1, -0.05) is 12.1 Å². The Morgan fingerprint density at radius 2 is 2.00 bits per heavy atom. The summed E-state index contributed by atoms with van der Waals surface area (Å²) in [6.07, 6.45) is 0.240. The Morgan fingerprint density at radius 1 is 1.29 bits per heavy atom. The molecule has 21 heavy (non-hydrogen) atoms. The van der Waals surface area contributed by atoms with Crippen LogP contribution < -0.4 is 0 Å². The molecule has 1 aromatic heterocycles. The average molecular weight is 290 g/mol. The summed E-state index contributed by atoms with van der Waals surface area (Å²) in [5.41, 5.74) is 1.36. The Hall–Kier alpha value is -2.77. The number of nitrogens with zero attached hydrogens (tertiary/aromatic N) is 4. The maximum absolute atomic E-state index is 11.3. The Morgan fingerprint density at radius 3 is 2.62 bits per heavy atom. The lowest BCUT2D eigenvalue weighted by atomic mass is 10.1. The van der Waals surface area contributed by atoms with Crippen LogP contribution in [0.4, 0.5) is 0 Å². The van der Waals surface area contributed by atoms with Gasteiger partial charge < -0.3 is 9.84 Å². The maximum Gasteiger partial charge on any atom is 0.337 e. The van der Waals surface area contributed by atoms with E-state index in [1.165, 1.54) is 11.8 Å². The van der Waals surface area contributed by atoms with Gasteiger partial charge in [-0.15, -0.1) is 5.10 Å². The van der Waals surface area contributed by atoms with Crippen LogP contribution in [0, 0.1) is 0 Å². The van der Waals surface area contributed by atoms with E-state index in [0.717, 1.165) is 5.56 Å². The highest BCUT2D eigenvalue weighted by Crippen LogP contribution is 2.08. The van der Waals surface area contributed by atoms with Gasteiger partial charge in [-0.05, 0) is 28.1 Å². The molecular formula is C13H14N4O4. The molecule has 8 heteroatoms. The highest BCUT2D eigenvalue weighted by molar-refractivity contribution is 5.89. The fraction of sp³-hybridized carbons (Fsp3) is 0.308. The Kier molecular flexibility index (Phi) is 4.60. The van der Waals surface area contributed by atoms with E-state index in [1.807, 2.05) is 0 Å².